The van der Waals surface area contributed by atoms with Crippen LogP contribution in [-0.2, 0) is 11.2 Å². The summed E-state index contributed by atoms with van der Waals surface area (Å²) in [6, 6.07) is 7.66. The molecule has 1 aliphatic heterocycles. The van der Waals surface area contributed by atoms with Crippen LogP contribution in [0.25, 0.3) is 10.9 Å². The van der Waals surface area contributed by atoms with E-state index < -0.39 is 17.7 Å². The summed E-state index contributed by atoms with van der Waals surface area (Å²) in [5.41, 5.74) is 2.58. The number of halogens is 2. The maximum Gasteiger partial charge on any atom is 0.323 e. The molecule has 3 N–H and O–H groups in total. The lowest BCUT2D eigenvalue weighted by atomic mass is 10.1. The van der Waals surface area contributed by atoms with Gasteiger partial charge >= 0.3 is 6.03 Å². The van der Waals surface area contributed by atoms with Crippen LogP contribution < -0.4 is 10.6 Å². The number of hydrogen-bond acceptors (Lipinski definition) is 2. The summed E-state index contributed by atoms with van der Waals surface area (Å²) in [5, 5.41) is 6.06. The van der Waals surface area contributed by atoms with Crippen molar-refractivity contribution in [2.75, 3.05) is 23.7 Å². The van der Waals surface area contributed by atoms with Crippen molar-refractivity contribution in [1.29, 1.82) is 0 Å². The Morgan fingerprint density at radius 1 is 0.968 bits per heavy atom. The standard InChI is InChI=1S/C23H24F2N4O2/c24-16-10-17(25)12-19(11-16)28-23(31)27-18-6-7-21-20(13-18)15(14-26-21)4-3-5-22(30)29-8-1-2-9-29/h6-7,10-14,26H,1-5,8-9H2,(H2,27,28,31). The van der Waals surface area contributed by atoms with E-state index in [4.69, 9.17) is 0 Å². The molecule has 0 unspecified atom stereocenters. The lowest BCUT2D eigenvalue weighted by Crippen LogP contribution is -2.27. The number of likely N-dealkylation sites (tertiary alicyclic amines) is 1. The third kappa shape index (κ3) is 5.20. The number of urea groups is 1. The third-order valence-electron chi connectivity index (χ3n) is 5.44. The second-order valence-electron chi connectivity index (χ2n) is 7.75. The zero-order valence-electron chi connectivity index (χ0n) is 17.0. The molecule has 8 heteroatoms. The molecule has 3 aromatic rings. The van der Waals surface area contributed by atoms with E-state index in [2.05, 4.69) is 15.6 Å². The minimum Gasteiger partial charge on any atom is -0.361 e. The number of carbonyl (C=O) groups excluding carboxylic acids is 2. The Bertz CT molecular complexity index is 1090. The monoisotopic (exact) mass is 426 g/mol. The summed E-state index contributed by atoms with van der Waals surface area (Å²) < 4.78 is 26.6. The molecule has 0 aliphatic carbocycles. The fourth-order valence-corrected chi connectivity index (χ4v) is 3.94. The van der Waals surface area contributed by atoms with Crippen LogP contribution in [0, 0.1) is 11.6 Å². The summed E-state index contributed by atoms with van der Waals surface area (Å²) in [4.78, 5) is 29.6. The highest BCUT2D eigenvalue weighted by atomic mass is 19.1. The molecule has 31 heavy (non-hydrogen) atoms. The number of benzene rings is 2. The van der Waals surface area contributed by atoms with Gasteiger partial charge in [-0.15, -0.1) is 0 Å². The minimum absolute atomic E-state index is 0.0288. The first-order valence-electron chi connectivity index (χ1n) is 10.4. The maximum atomic E-state index is 13.3. The number of anilines is 2. The highest BCUT2D eigenvalue weighted by Crippen LogP contribution is 2.24. The van der Waals surface area contributed by atoms with Crippen LogP contribution in [0.15, 0.2) is 42.6 Å². The van der Waals surface area contributed by atoms with Crippen LogP contribution in [0.5, 0.6) is 0 Å². The molecule has 1 fully saturated rings. The van der Waals surface area contributed by atoms with Crippen molar-refractivity contribution < 1.29 is 18.4 Å². The van der Waals surface area contributed by atoms with Crippen molar-refractivity contribution in [2.24, 2.45) is 0 Å². The maximum absolute atomic E-state index is 13.3. The van der Waals surface area contributed by atoms with E-state index >= 15 is 0 Å². The predicted octanol–water partition coefficient (Wildman–Crippen LogP) is 5.04. The Morgan fingerprint density at radius 3 is 2.42 bits per heavy atom. The molecule has 6 nitrogen and oxygen atoms in total. The van der Waals surface area contributed by atoms with Crippen molar-refractivity contribution in [2.45, 2.75) is 32.1 Å². The van der Waals surface area contributed by atoms with Gasteiger partial charge in [0.1, 0.15) is 11.6 Å². The smallest absolute Gasteiger partial charge is 0.323 e. The van der Waals surface area contributed by atoms with E-state index in [0.717, 1.165) is 73.4 Å². The molecule has 2 aromatic carbocycles. The average Bonchev–Trinajstić information content (AvgIpc) is 3.37. The van der Waals surface area contributed by atoms with Crippen molar-refractivity contribution in [3.63, 3.8) is 0 Å². The zero-order chi connectivity index (χ0) is 21.8. The molecule has 0 saturated carbocycles. The number of aromatic nitrogens is 1. The molecule has 1 aromatic heterocycles. The highest BCUT2D eigenvalue weighted by Gasteiger charge is 2.17. The number of aryl methyl sites for hydroxylation is 1. The van der Waals surface area contributed by atoms with Gasteiger partial charge in [-0.25, -0.2) is 13.6 Å². The second-order valence-corrected chi connectivity index (χ2v) is 7.75. The Morgan fingerprint density at radius 2 is 1.68 bits per heavy atom. The molecule has 0 bridgehead atoms. The Balaban J connectivity index is 1.38. The number of carbonyl (C=O) groups is 2. The summed E-state index contributed by atoms with van der Waals surface area (Å²) >= 11 is 0. The first-order chi connectivity index (χ1) is 15.0. The Hall–Kier alpha value is -3.42. The first kappa shape index (κ1) is 20.8. The van der Waals surface area contributed by atoms with Crippen LogP contribution >= 0.6 is 0 Å². The van der Waals surface area contributed by atoms with Crippen LogP contribution in [0.1, 0.15) is 31.2 Å². The van der Waals surface area contributed by atoms with Crippen LogP contribution in [0.2, 0.25) is 0 Å². The molecule has 2 heterocycles. The van der Waals surface area contributed by atoms with Crippen molar-refractivity contribution >= 4 is 34.2 Å². The van der Waals surface area contributed by atoms with Gasteiger partial charge in [-0.1, -0.05) is 0 Å². The molecule has 0 radical (unpaired) electrons. The topological polar surface area (TPSA) is 77.2 Å². The molecule has 1 saturated heterocycles. The van der Waals surface area contributed by atoms with Crippen LogP contribution in [0.4, 0.5) is 25.0 Å². The minimum atomic E-state index is -0.767. The van der Waals surface area contributed by atoms with Crippen molar-refractivity contribution in [1.82, 2.24) is 9.88 Å². The normalized spacial score (nSPS) is 13.5. The number of nitrogens with one attached hydrogen (secondary N) is 3. The van der Waals surface area contributed by atoms with E-state index in [1.165, 1.54) is 0 Å². The lowest BCUT2D eigenvalue weighted by molar-refractivity contribution is -0.130. The van der Waals surface area contributed by atoms with Gasteiger partial charge in [-0.3, -0.25) is 4.79 Å². The third-order valence-corrected chi connectivity index (χ3v) is 5.44. The SMILES string of the molecule is O=C(Nc1cc(F)cc(F)c1)Nc1ccc2[nH]cc(CCCC(=O)N3CCCC3)c2c1. The van der Waals surface area contributed by atoms with E-state index in [9.17, 15) is 18.4 Å². The summed E-state index contributed by atoms with van der Waals surface area (Å²) in [6.07, 6.45) is 6.13. The summed E-state index contributed by atoms with van der Waals surface area (Å²) in [5.74, 6) is -1.32. The van der Waals surface area contributed by atoms with Crippen LogP contribution in [0.3, 0.4) is 0 Å². The number of nitrogens with zero attached hydrogens (tertiary/aromatic N) is 1. The summed E-state index contributed by atoms with van der Waals surface area (Å²) in [7, 11) is 0. The predicted molar refractivity (Wildman–Crippen MR) is 116 cm³/mol. The van der Waals surface area contributed by atoms with Crippen molar-refractivity contribution in [3.05, 3.63) is 59.8 Å². The number of rotatable bonds is 6. The molecule has 3 amide bonds. The molecule has 1 aliphatic rings. The number of H-pyrrole nitrogens is 1. The molecule has 0 spiro atoms. The molecular weight excluding hydrogens is 402 g/mol. The molecule has 0 atom stereocenters. The quantitative estimate of drug-likeness (QED) is 0.517. The molecular formula is C23H24F2N4O2. The Kier molecular flexibility index (Phi) is 6.16. The molecule has 162 valence electrons. The van der Waals surface area contributed by atoms with Gasteiger partial charge in [0.25, 0.3) is 0 Å². The first-order valence-corrected chi connectivity index (χ1v) is 10.4. The number of amides is 3. The zero-order valence-corrected chi connectivity index (χ0v) is 17.0. The number of fused-ring (bicyclic) bond motifs is 1. The van der Waals surface area contributed by atoms with Gasteiger partial charge < -0.3 is 20.5 Å². The second kappa shape index (κ2) is 9.16. The van der Waals surface area contributed by atoms with E-state index in [-0.39, 0.29) is 11.6 Å². The lowest BCUT2D eigenvalue weighted by Gasteiger charge is -2.14. The number of hydrogen-bond donors (Lipinski definition) is 3. The van der Waals surface area contributed by atoms with Gasteiger partial charge in [0.15, 0.2) is 0 Å². The highest BCUT2D eigenvalue weighted by molar-refractivity contribution is 6.01. The van der Waals surface area contributed by atoms with E-state index in [1.807, 2.05) is 23.2 Å². The van der Waals surface area contributed by atoms with Gasteiger partial charge in [0, 0.05) is 54.1 Å². The van der Waals surface area contributed by atoms with E-state index in [1.54, 1.807) is 6.07 Å². The van der Waals surface area contributed by atoms with Gasteiger partial charge in [0.2, 0.25) is 5.91 Å². The molecule has 4 rings (SSSR count). The average molecular weight is 426 g/mol. The number of aromatic amines is 1. The van der Waals surface area contributed by atoms with Gasteiger partial charge in [-0.05, 0) is 61.6 Å². The Labute approximate surface area is 178 Å². The largest absolute Gasteiger partial charge is 0.361 e. The fraction of sp³-hybridized carbons (Fsp3) is 0.304. The van der Waals surface area contributed by atoms with Crippen LogP contribution in [-0.4, -0.2) is 34.9 Å². The fourth-order valence-electron chi connectivity index (χ4n) is 3.94. The van der Waals surface area contributed by atoms with Gasteiger partial charge in [0.05, 0.1) is 0 Å². The summed E-state index contributed by atoms with van der Waals surface area (Å²) in [6.45, 7) is 1.73. The van der Waals surface area contributed by atoms with E-state index in [0.29, 0.717) is 12.1 Å². The van der Waals surface area contributed by atoms with Gasteiger partial charge in [-0.2, -0.15) is 0 Å². The van der Waals surface area contributed by atoms with Crippen molar-refractivity contribution in [3.8, 4) is 0 Å².